The van der Waals surface area contributed by atoms with Crippen LogP contribution in [-0.4, -0.2) is 52.6 Å². The first kappa shape index (κ1) is 15.5. The minimum atomic E-state index is -0.300. The maximum atomic E-state index is 12.0. The van der Waals surface area contributed by atoms with Gasteiger partial charge in [0.05, 0.1) is 19.0 Å². The third-order valence-corrected chi connectivity index (χ3v) is 3.40. The highest BCUT2D eigenvalue weighted by Crippen LogP contribution is 2.12. The van der Waals surface area contributed by atoms with E-state index in [1.807, 2.05) is 0 Å². The highest BCUT2D eigenvalue weighted by molar-refractivity contribution is 6.29. The number of carbonyl (C=O) groups is 2. The Morgan fingerprint density at radius 3 is 2.67 bits per heavy atom. The maximum absolute atomic E-state index is 12.0. The van der Waals surface area contributed by atoms with Crippen molar-refractivity contribution in [2.75, 3.05) is 19.7 Å². The molecule has 114 valence electrons. The predicted molar refractivity (Wildman–Crippen MR) is 76.1 cm³/mol. The lowest BCUT2D eigenvalue weighted by atomic mass is 10.1. The van der Waals surface area contributed by atoms with E-state index in [2.05, 4.69) is 15.3 Å². The molecule has 0 radical (unpaired) electrons. The number of nitrogens with zero attached hydrogens (tertiary/aromatic N) is 3. The molecule has 0 aliphatic carbocycles. The summed E-state index contributed by atoms with van der Waals surface area (Å²) in [5, 5.41) is 3.13. The Kier molecular flexibility index (Phi) is 5.32. The molecule has 21 heavy (non-hydrogen) atoms. The van der Waals surface area contributed by atoms with E-state index < -0.39 is 0 Å². The summed E-state index contributed by atoms with van der Waals surface area (Å²) in [4.78, 5) is 32.9. The van der Waals surface area contributed by atoms with Gasteiger partial charge in [-0.05, 0) is 19.8 Å². The fourth-order valence-corrected chi connectivity index (χ4v) is 2.21. The molecule has 2 rings (SSSR count). The Morgan fingerprint density at radius 2 is 2.10 bits per heavy atom. The molecule has 1 aliphatic heterocycles. The highest BCUT2D eigenvalue weighted by atomic mass is 35.5. The number of likely N-dealkylation sites (tertiary alicyclic amines) is 1. The molecule has 1 aliphatic rings. The Hall–Kier alpha value is -1.89. The summed E-state index contributed by atoms with van der Waals surface area (Å²) in [6.07, 6.45) is 3.74. The SMILES string of the molecule is CCOC(=O)N1CCC(NC(=O)c2cnc(Cl)cn2)CC1. The fourth-order valence-electron chi connectivity index (χ4n) is 2.11. The summed E-state index contributed by atoms with van der Waals surface area (Å²) in [6.45, 7) is 3.27. The van der Waals surface area contributed by atoms with Crippen molar-refractivity contribution in [3.05, 3.63) is 23.2 Å². The second-order valence-electron chi connectivity index (χ2n) is 4.66. The zero-order chi connectivity index (χ0) is 15.2. The molecule has 2 heterocycles. The Labute approximate surface area is 127 Å². The van der Waals surface area contributed by atoms with E-state index in [1.165, 1.54) is 12.4 Å². The second-order valence-corrected chi connectivity index (χ2v) is 5.05. The van der Waals surface area contributed by atoms with Gasteiger partial charge < -0.3 is 15.0 Å². The van der Waals surface area contributed by atoms with Crippen LogP contribution in [0.15, 0.2) is 12.4 Å². The quantitative estimate of drug-likeness (QED) is 0.914. The number of aromatic nitrogens is 2. The van der Waals surface area contributed by atoms with Crippen LogP contribution in [0.3, 0.4) is 0 Å². The molecule has 0 unspecified atom stereocenters. The number of amides is 2. The molecule has 0 saturated carbocycles. The number of nitrogens with one attached hydrogen (secondary N) is 1. The molecule has 2 amide bonds. The van der Waals surface area contributed by atoms with Crippen molar-refractivity contribution in [2.45, 2.75) is 25.8 Å². The summed E-state index contributed by atoms with van der Waals surface area (Å²) >= 11 is 5.62. The Bertz CT molecular complexity index is 501. The second kappa shape index (κ2) is 7.21. The minimum absolute atomic E-state index is 0.0145. The van der Waals surface area contributed by atoms with Gasteiger partial charge >= 0.3 is 6.09 Å². The van der Waals surface area contributed by atoms with Crippen molar-refractivity contribution in [1.82, 2.24) is 20.2 Å². The number of rotatable bonds is 3. The molecule has 0 spiro atoms. The van der Waals surface area contributed by atoms with Gasteiger partial charge in [0.1, 0.15) is 10.8 Å². The molecule has 8 heteroatoms. The monoisotopic (exact) mass is 312 g/mol. The molecule has 1 N–H and O–H groups in total. The molecule has 0 aromatic carbocycles. The summed E-state index contributed by atoms with van der Waals surface area (Å²) < 4.78 is 4.95. The van der Waals surface area contributed by atoms with Crippen LogP contribution in [0.2, 0.25) is 5.15 Å². The lowest BCUT2D eigenvalue weighted by molar-refractivity contribution is 0.0856. The van der Waals surface area contributed by atoms with Crippen molar-refractivity contribution in [3.63, 3.8) is 0 Å². The van der Waals surface area contributed by atoms with Gasteiger partial charge in [0.15, 0.2) is 0 Å². The number of ether oxygens (including phenoxy) is 1. The van der Waals surface area contributed by atoms with Crippen molar-refractivity contribution in [1.29, 1.82) is 0 Å². The van der Waals surface area contributed by atoms with Crippen LogP contribution in [0.1, 0.15) is 30.3 Å². The number of halogens is 1. The number of hydrogen-bond donors (Lipinski definition) is 1. The van der Waals surface area contributed by atoms with Gasteiger partial charge in [-0.25, -0.2) is 14.8 Å². The van der Waals surface area contributed by atoms with Gasteiger partial charge in [-0.15, -0.1) is 0 Å². The third-order valence-electron chi connectivity index (χ3n) is 3.21. The number of carbonyl (C=O) groups excluding carboxylic acids is 2. The van der Waals surface area contributed by atoms with Gasteiger partial charge in [-0.3, -0.25) is 4.79 Å². The normalized spacial score (nSPS) is 15.6. The first-order valence-corrected chi connectivity index (χ1v) is 7.18. The zero-order valence-electron chi connectivity index (χ0n) is 11.7. The van der Waals surface area contributed by atoms with Crippen LogP contribution >= 0.6 is 11.6 Å². The van der Waals surface area contributed by atoms with E-state index in [0.717, 1.165) is 0 Å². The maximum Gasteiger partial charge on any atom is 0.409 e. The first-order valence-electron chi connectivity index (χ1n) is 6.80. The summed E-state index contributed by atoms with van der Waals surface area (Å²) in [5.74, 6) is -0.284. The predicted octanol–water partition coefficient (Wildman–Crippen LogP) is 1.48. The molecular weight excluding hydrogens is 296 g/mol. The molecule has 1 saturated heterocycles. The van der Waals surface area contributed by atoms with E-state index in [1.54, 1.807) is 11.8 Å². The average molecular weight is 313 g/mol. The van der Waals surface area contributed by atoms with Crippen LogP contribution in [-0.2, 0) is 4.74 Å². The fraction of sp³-hybridized carbons (Fsp3) is 0.538. The topological polar surface area (TPSA) is 84.4 Å². The Balaban J connectivity index is 1.82. The summed E-state index contributed by atoms with van der Waals surface area (Å²) in [5.41, 5.74) is 0.229. The first-order chi connectivity index (χ1) is 10.1. The van der Waals surface area contributed by atoms with Crippen LogP contribution in [0.25, 0.3) is 0 Å². The van der Waals surface area contributed by atoms with E-state index >= 15 is 0 Å². The van der Waals surface area contributed by atoms with Gasteiger partial charge in [0, 0.05) is 19.1 Å². The third kappa shape index (κ3) is 4.29. The molecular formula is C13H17ClN4O3. The molecule has 0 bridgehead atoms. The number of piperidine rings is 1. The smallest absolute Gasteiger partial charge is 0.409 e. The van der Waals surface area contributed by atoms with Crippen LogP contribution in [0, 0.1) is 0 Å². The van der Waals surface area contributed by atoms with Crippen LogP contribution < -0.4 is 5.32 Å². The molecule has 1 fully saturated rings. The molecule has 7 nitrogen and oxygen atoms in total. The van der Waals surface area contributed by atoms with Gasteiger partial charge in [-0.1, -0.05) is 11.6 Å². The van der Waals surface area contributed by atoms with Crippen molar-refractivity contribution >= 4 is 23.6 Å². The molecule has 1 aromatic heterocycles. The lowest BCUT2D eigenvalue weighted by Gasteiger charge is -2.31. The average Bonchev–Trinajstić information content (AvgIpc) is 2.49. The van der Waals surface area contributed by atoms with Crippen LogP contribution in [0.5, 0.6) is 0 Å². The van der Waals surface area contributed by atoms with E-state index in [4.69, 9.17) is 16.3 Å². The summed E-state index contributed by atoms with van der Waals surface area (Å²) in [7, 11) is 0. The summed E-state index contributed by atoms with van der Waals surface area (Å²) in [6, 6.07) is 0.0145. The molecule has 1 aromatic rings. The lowest BCUT2D eigenvalue weighted by Crippen LogP contribution is -2.46. The minimum Gasteiger partial charge on any atom is -0.450 e. The highest BCUT2D eigenvalue weighted by Gasteiger charge is 2.25. The Morgan fingerprint density at radius 1 is 1.38 bits per heavy atom. The van der Waals surface area contributed by atoms with Crippen molar-refractivity contribution in [3.8, 4) is 0 Å². The largest absolute Gasteiger partial charge is 0.450 e. The van der Waals surface area contributed by atoms with Gasteiger partial charge in [0.25, 0.3) is 5.91 Å². The van der Waals surface area contributed by atoms with Crippen molar-refractivity contribution < 1.29 is 14.3 Å². The van der Waals surface area contributed by atoms with Gasteiger partial charge in [0.2, 0.25) is 0 Å². The number of hydrogen-bond acceptors (Lipinski definition) is 5. The van der Waals surface area contributed by atoms with Crippen molar-refractivity contribution in [2.24, 2.45) is 0 Å². The van der Waals surface area contributed by atoms with Gasteiger partial charge in [-0.2, -0.15) is 0 Å². The van der Waals surface area contributed by atoms with E-state index in [-0.39, 0.29) is 28.9 Å². The zero-order valence-corrected chi connectivity index (χ0v) is 12.5. The van der Waals surface area contributed by atoms with E-state index in [0.29, 0.717) is 32.5 Å². The van der Waals surface area contributed by atoms with E-state index in [9.17, 15) is 9.59 Å². The molecule has 0 atom stereocenters. The standard InChI is InChI=1S/C13H17ClN4O3/c1-2-21-13(20)18-5-3-9(4-6-18)17-12(19)10-7-16-11(14)8-15-10/h7-9H,2-6H2,1H3,(H,17,19). The van der Waals surface area contributed by atoms with Crippen LogP contribution in [0.4, 0.5) is 4.79 Å².